The van der Waals surface area contributed by atoms with Gasteiger partial charge in [0.15, 0.2) is 11.5 Å². The van der Waals surface area contributed by atoms with Crippen molar-refractivity contribution >= 4 is 33.5 Å². The van der Waals surface area contributed by atoms with Gasteiger partial charge in [-0.05, 0) is 42.0 Å². The van der Waals surface area contributed by atoms with Crippen molar-refractivity contribution in [3.63, 3.8) is 0 Å². The van der Waals surface area contributed by atoms with E-state index in [1.165, 1.54) is 12.1 Å². The van der Waals surface area contributed by atoms with Gasteiger partial charge in [-0.2, -0.15) is 19.6 Å². The maximum atomic E-state index is 13.5. The first kappa shape index (κ1) is 20.8. The van der Waals surface area contributed by atoms with Gasteiger partial charge in [-0.15, -0.1) is 10.2 Å². The fraction of sp³-hybridized carbons (Fsp3) is 0.350. The average Bonchev–Trinajstić information content (AvgIpc) is 3.41. The molecular formula is C20H22BrFN10. The number of rotatable bonds is 5. The van der Waals surface area contributed by atoms with E-state index in [1.807, 2.05) is 0 Å². The van der Waals surface area contributed by atoms with Crippen LogP contribution in [-0.4, -0.2) is 72.4 Å². The third-order valence-electron chi connectivity index (χ3n) is 5.60. The first-order valence-corrected chi connectivity index (χ1v) is 11.0. The molecule has 1 aliphatic rings. The van der Waals surface area contributed by atoms with E-state index in [2.05, 4.69) is 65.3 Å². The molecule has 32 heavy (non-hydrogen) atoms. The minimum atomic E-state index is -0.322. The van der Waals surface area contributed by atoms with Crippen LogP contribution in [0, 0.1) is 5.82 Å². The summed E-state index contributed by atoms with van der Waals surface area (Å²) in [5.74, 6) is 1.97. The highest BCUT2D eigenvalue weighted by Crippen LogP contribution is 2.23. The zero-order valence-corrected chi connectivity index (χ0v) is 19.2. The molecule has 3 aromatic heterocycles. The summed E-state index contributed by atoms with van der Waals surface area (Å²) in [6.45, 7) is 5.17. The number of nitrogens with one attached hydrogen (secondary N) is 2. The maximum absolute atomic E-state index is 13.5. The Bertz CT molecular complexity index is 1250. The maximum Gasteiger partial charge on any atom is 0.230 e. The summed E-state index contributed by atoms with van der Waals surface area (Å²) in [5, 5.41) is 15.9. The van der Waals surface area contributed by atoms with Crippen molar-refractivity contribution in [2.75, 3.05) is 36.9 Å². The molecule has 1 atom stereocenters. The molecule has 0 saturated carbocycles. The molecule has 2 N–H and O–H groups in total. The van der Waals surface area contributed by atoms with E-state index in [0.29, 0.717) is 47.3 Å². The molecule has 0 aliphatic carbocycles. The molecule has 4 aromatic rings. The van der Waals surface area contributed by atoms with Crippen molar-refractivity contribution in [3.8, 4) is 11.4 Å². The summed E-state index contributed by atoms with van der Waals surface area (Å²) in [7, 11) is 2.13. The number of halogens is 2. The van der Waals surface area contributed by atoms with Crippen LogP contribution in [0.2, 0.25) is 0 Å². The summed E-state index contributed by atoms with van der Waals surface area (Å²) in [6.07, 6.45) is 1.70. The number of H-pyrrole nitrogens is 1. The summed E-state index contributed by atoms with van der Waals surface area (Å²) in [5.41, 5.74) is 1.32. The number of hydrogen-bond donors (Lipinski definition) is 2. The van der Waals surface area contributed by atoms with Gasteiger partial charge in [-0.1, -0.05) is 12.1 Å². The van der Waals surface area contributed by atoms with E-state index in [4.69, 9.17) is 9.97 Å². The second-order valence-corrected chi connectivity index (χ2v) is 8.69. The molecule has 5 rings (SSSR count). The van der Waals surface area contributed by atoms with Gasteiger partial charge in [0.2, 0.25) is 11.9 Å². The molecule has 10 nitrogen and oxygen atoms in total. The molecule has 1 aromatic carbocycles. The van der Waals surface area contributed by atoms with E-state index in [9.17, 15) is 4.39 Å². The number of likely N-dealkylation sites (N-methyl/N-ethyl adjacent to an activating group) is 1. The molecule has 0 bridgehead atoms. The Kier molecular flexibility index (Phi) is 5.47. The van der Waals surface area contributed by atoms with Gasteiger partial charge >= 0.3 is 0 Å². The standard InChI is InChI=1S/C20H22BrFN10/c1-12-11-31(7-6-30(12)2)20-26-18-15(21)9-24-32(18)19(27-20)23-10-16-25-17(29-28-16)13-4-3-5-14(22)8-13/h3-5,8-9,12H,6-7,10-11H2,1-2H3,(H,23,26,27)(H,25,28,29)/t12-/m0/s1. The van der Waals surface area contributed by atoms with Crippen LogP contribution in [0.4, 0.5) is 16.3 Å². The molecule has 1 fully saturated rings. The molecule has 12 heteroatoms. The van der Waals surface area contributed by atoms with Crippen molar-refractivity contribution < 1.29 is 4.39 Å². The van der Waals surface area contributed by atoms with Crippen LogP contribution in [-0.2, 0) is 6.54 Å². The zero-order valence-electron chi connectivity index (χ0n) is 17.6. The molecule has 4 heterocycles. The predicted molar refractivity (Wildman–Crippen MR) is 122 cm³/mol. The quantitative estimate of drug-likeness (QED) is 0.430. The van der Waals surface area contributed by atoms with Crippen LogP contribution in [0.3, 0.4) is 0 Å². The smallest absolute Gasteiger partial charge is 0.230 e. The average molecular weight is 501 g/mol. The normalized spacial score (nSPS) is 17.2. The van der Waals surface area contributed by atoms with Crippen LogP contribution >= 0.6 is 15.9 Å². The largest absolute Gasteiger partial charge is 0.347 e. The molecule has 0 unspecified atom stereocenters. The van der Waals surface area contributed by atoms with Crippen LogP contribution in [0.5, 0.6) is 0 Å². The lowest BCUT2D eigenvalue weighted by molar-refractivity contribution is 0.233. The van der Waals surface area contributed by atoms with Crippen LogP contribution in [0.25, 0.3) is 17.0 Å². The summed E-state index contributed by atoms with van der Waals surface area (Å²) in [4.78, 5) is 17.1. The lowest BCUT2D eigenvalue weighted by Crippen LogP contribution is -2.50. The van der Waals surface area contributed by atoms with Gasteiger partial charge in [0.25, 0.3) is 0 Å². The third-order valence-corrected chi connectivity index (χ3v) is 6.16. The van der Waals surface area contributed by atoms with Crippen molar-refractivity contribution in [2.45, 2.75) is 19.5 Å². The Balaban J connectivity index is 1.39. The highest BCUT2D eigenvalue weighted by atomic mass is 79.9. The Morgan fingerprint density at radius 3 is 2.94 bits per heavy atom. The van der Waals surface area contributed by atoms with E-state index in [1.54, 1.807) is 22.8 Å². The number of fused-ring (bicyclic) bond motifs is 1. The molecule has 0 radical (unpaired) electrons. The highest BCUT2D eigenvalue weighted by Gasteiger charge is 2.24. The van der Waals surface area contributed by atoms with Crippen molar-refractivity contribution in [2.24, 2.45) is 0 Å². The second kappa shape index (κ2) is 8.43. The molecule has 1 saturated heterocycles. The van der Waals surface area contributed by atoms with Gasteiger partial charge in [-0.25, -0.2) is 4.39 Å². The highest BCUT2D eigenvalue weighted by molar-refractivity contribution is 9.10. The van der Waals surface area contributed by atoms with E-state index in [0.717, 1.165) is 24.1 Å². The minimum absolute atomic E-state index is 0.322. The van der Waals surface area contributed by atoms with Crippen LogP contribution in [0.15, 0.2) is 34.9 Å². The minimum Gasteiger partial charge on any atom is -0.347 e. The topological polar surface area (TPSA) is 103 Å². The van der Waals surface area contributed by atoms with Gasteiger partial charge < -0.3 is 20.1 Å². The molecule has 0 spiro atoms. The first-order valence-electron chi connectivity index (χ1n) is 10.3. The fourth-order valence-corrected chi connectivity index (χ4v) is 3.98. The van der Waals surface area contributed by atoms with Crippen molar-refractivity contribution in [1.82, 2.24) is 39.7 Å². The summed E-state index contributed by atoms with van der Waals surface area (Å²) in [6, 6.07) is 6.63. The summed E-state index contributed by atoms with van der Waals surface area (Å²) < 4.78 is 15.9. The van der Waals surface area contributed by atoms with Gasteiger partial charge in [0.05, 0.1) is 17.2 Å². The number of benzene rings is 1. The monoisotopic (exact) mass is 500 g/mol. The van der Waals surface area contributed by atoms with Gasteiger partial charge in [0, 0.05) is 31.2 Å². The number of anilines is 2. The number of piperazine rings is 1. The molecule has 1 aliphatic heterocycles. The molecule has 166 valence electrons. The van der Waals surface area contributed by atoms with Crippen LogP contribution < -0.4 is 10.2 Å². The molecule has 0 amide bonds. The molecular weight excluding hydrogens is 479 g/mol. The Hall–Kier alpha value is -3.12. The van der Waals surface area contributed by atoms with Gasteiger partial charge in [0.1, 0.15) is 11.6 Å². The second-order valence-electron chi connectivity index (χ2n) is 7.83. The van der Waals surface area contributed by atoms with E-state index < -0.39 is 0 Å². The Labute approximate surface area is 192 Å². The fourth-order valence-electron chi connectivity index (χ4n) is 3.63. The van der Waals surface area contributed by atoms with Crippen molar-refractivity contribution in [1.29, 1.82) is 0 Å². The van der Waals surface area contributed by atoms with Gasteiger partial charge in [-0.3, -0.25) is 0 Å². The SMILES string of the molecule is C[C@H]1CN(c2nc(NCc3nnc(-c4cccc(F)c4)[nH]3)n3ncc(Br)c3n2)CCN1C. The lowest BCUT2D eigenvalue weighted by Gasteiger charge is -2.37. The number of hydrogen-bond acceptors (Lipinski definition) is 8. The van der Waals surface area contributed by atoms with Crippen molar-refractivity contribution in [3.05, 3.63) is 46.6 Å². The van der Waals surface area contributed by atoms with E-state index >= 15 is 0 Å². The summed E-state index contributed by atoms with van der Waals surface area (Å²) >= 11 is 3.52. The third kappa shape index (κ3) is 4.02. The number of aromatic amines is 1. The number of nitrogens with zero attached hydrogens (tertiary/aromatic N) is 8. The lowest BCUT2D eigenvalue weighted by atomic mass is 10.2. The first-order chi connectivity index (χ1) is 15.5. The van der Waals surface area contributed by atoms with Crippen LogP contribution in [0.1, 0.15) is 12.7 Å². The zero-order chi connectivity index (χ0) is 22.2. The predicted octanol–water partition coefficient (Wildman–Crippen LogP) is 2.56. The van der Waals surface area contributed by atoms with E-state index in [-0.39, 0.29) is 5.82 Å². The Morgan fingerprint density at radius 1 is 1.25 bits per heavy atom. The number of aromatic nitrogens is 7. The Morgan fingerprint density at radius 2 is 2.12 bits per heavy atom.